The zero-order valence-corrected chi connectivity index (χ0v) is 14.6. The SMILES string of the molecule is CCCN(CCC)c1cc(Nc2cc(Cl)ccc2OC)ncn1. The van der Waals surface area contributed by atoms with Crippen molar-refractivity contribution >= 4 is 28.9 Å². The van der Waals surface area contributed by atoms with E-state index in [4.69, 9.17) is 16.3 Å². The van der Waals surface area contributed by atoms with E-state index in [1.165, 1.54) is 0 Å². The monoisotopic (exact) mass is 334 g/mol. The van der Waals surface area contributed by atoms with E-state index in [1.807, 2.05) is 18.2 Å². The van der Waals surface area contributed by atoms with Crippen molar-refractivity contribution in [2.75, 3.05) is 30.4 Å². The lowest BCUT2D eigenvalue weighted by Gasteiger charge is -2.22. The molecule has 23 heavy (non-hydrogen) atoms. The van der Waals surface area contributed by atoms with Crippen LogP contribution in [0.25, 0.3) is 0 Å². The number of hydrogen-bond donors (Lipinski definition) is 1. The Balaban J connectivity index is 2.24. The van der Waals surface area contributed by atoms with Gasteiger partial charge in [0.25, 0.3) is 0 Å². The minimum Gasteiger partial charge on any atom is -0.495 e. The van der Waals surface area contributed by atoms with Crippen LogP contribution in [0.3, 0.4) is 0 Å². The molecule has 0 unspecified atom stereocenters. The first-order valence-electron chi connectivity index (χ1n) is 7.85. The fraction of sp³-hybridized carbons (Fsp3) is 0.412. The number of anilines is 3. The fourth-order valence-electron chi connectivity index (χ4n) is 2.38. The van der Waals surface area contributed by atoms with Crippen molar-refractivity contribution in [1.29, 1.82) is 0 Å². The molecule has 1 heterocycles. The van der Waals surface area contributed by atoms with Gasteiger partial charge in [0.05, 0.1) is 12.8 Å². The molecule has 0 radical (unpaired) electrons. The average Bonchev–Trinajstić information content (AvgIpc) is 2.55. The number of nitrogens with zero attached hydrogens (tertiary/aromatic N) is 3. The number of nitrogens with one attached hydrogen (secondary N) is 1. The lowest BCUT2D eigenvalue weighted by atomic mass is 10.3. The Morgan fingerprint density at radius 1 is 1.13 bits per heavy atom. The first-order valence-corrected chi connectivity index (χ1v) is 8.23. The second-order valence-corrected chi connectivity index (χ2v) is 5.65. The van der Waals surface area contributed by atoms with Gasteiger partial charge in [-0.2, -0.15) is 0 Å². The molecular weight excluding hydrogens is 312 g/mol. The van der Waals surface area contributed by atoms with Gasteiger partial charge in [0, 0.05) is 24.2 Å². The summed E-state index contributed by atoms with van der Waals surface area (Å²) in [5.41, 5.74) is 0.780. The van der Waals surface area contributed by atoms with Crippen LogP contribution in [-0.4, -0.2) is 30.2 Å². The topological polar surface area (TPSA) is 50.3 Å². The third-order valence-electron chi connectivity index (χ3n) is 3.39. The van der Waals surface area contributed by atoms with E-state index in [1.54, 1.807) is 19.5 Å². The maximum absolute atomic E-state index is 6.07. The van der Waals surface area contributed by atoms with Gasteiger partial charge < -0.3 is 15.0 Å². The van der Waals surface area contributed by atoms with Gasteiger partial charge in [0.15, 0.2) is 0 Å². The summed E-state index contributed by atoms with van der Waals surface area (Å²) in [6, 6.07) is 7.39. The Kier molecular flexibility index (Phi) is 6.47. The third-order valence-corrected chi connectivity index (χ3v) is 3.62. The Bertz CT molecular complexity index is 630. The molecule has 2 aromatic rings. The summed E-state index contributed by atoms with van der Waals surface area (Å²) in [7, 11) is 1.63. The average molecular weight is 335 g/mol. The molecule has 0 saturated carbocycles. The molecule has 0 bridgehead atoms. The van der Waals surface area contributed by atoms with Gasteiger partial charge in [-0.15, -0.1) is 0 Å². The number of hydrogen-bond acceptors (Lipinski definition) is 5. The highest BCUT2D eigenvalue weighted by molar-refractivity contribution is 6.31. The van der Waals surface area contributed by atoms with Crippen molar-refractivity contribution in [2.24, 2.45) is 0 Å². The maximum Gasteiger partial charge on any atom is 0.142 e. The van der Waals surface area contributed by atoms with Gasteiger partial charge in [-0.25, -0.2) is 9.97 Å². The van der Waals surface area contributed by atoms with E-state index in [0.29, 0.717) is 16.6 Å². The van der Waals surface area contributed by atoms with Crippen LogP contribution in [0.15, 0.2) is 30.6 Å². The van der Waals surface area contributed by atoms with E-state index in [0.717, 1.165) is 37.4 Å². The molecule has 0 atom stereocenters. The minimum absolute atomic E-state index is 0.640. The smallest absolute Gasteiger partial charge is 0.142 e. The largest absolute Gasteiger partial charge is 0.495 e. The van der Waals surface area contributed by atoms with Crippen LogP contribution in [0, 0.1) is 0 Å². The Labute approximate surface area is 142 Å². The fourth-order valence-corrected chi connectivity index (χ4v) is 2.56. The summed E-state index contributed by atoms with van der Waals surface area (Å²) >= 11 is 6.07. The highest BCUT2D eigenvalue weighted by atomic mass is 35.5. The van der Waals surface area contributed by atoms with Gasteiger partial charge >= 0.3 is 0 Å². The van der Waals surface area contributed by atoms with E-state index in [2.05, 4.69) is 34.0 Å². The van der Waals surface area contributed by atoms with Crippen LogP contribution >= 0.6 is 11.6 Å². The number of halogens is 1. The highest BCUT2D eigenvalue weighted by Gasteiger charge is 2.09. The van der Waals surface area contributed by atoms with Crippen LogP contribution in [0.1, 0.15) is 26.7 Å². The van der Waals surface area contributed by atoms with E-state index < -0.39 is 0 Å². The summed E-state index contributed by atoms with van der Waals surface area (Å²) in [4.78, 5) is 11.0. The van der Waals surface area contributed by atoms with E-state index in [-0.39, 0.29) is 0 Å². The van der Waals surface area contributed by atoms with E-state index in [9.17, 15) is 0 Å². The summed E-state index contributed by atoms with van der Waals surface area (Å²) < 4.78 is 5.35. The maximum atomic E-state index is 6.07. The molecule has 0 aliphatic heterocycles. The number of rotatable bonds is 8. The van der Waals surface area contributed by atoms with E-state index >= 15 is 0 Å². The van der Waals surface area contributed by atoms with Crippen molar-refractivity contribution in [2.45, 2.75) is 26.7 Å². The standard InChI is InChI=1S/C17H23ClN4O/c1-4-8-22(9-5-2)17-11-16(19-12-20-17)21-14-10-13(18)6-7-15(14)23-3/h6-7,10-12H,4-5,8-9H2,1-3H3,(H,19,20,21). The zero-order valence-electron chi connectivity index (χ0n) is 13.8. The van der Waals surface area contributed by atoms with Gasteiger partial charge in [-0.05, 0) is 31.0 Å². The molecule has 2 rings (SSSR count). The summed E-state index contributed by atoms with van der Waals surface area (Å²) in [5.74, 6) is 2.36. The molecule has 0 spiro atoms. The van der Waals surface area contributed by atoms with Crippen LogP contribution in [-0.2, 0) is 0 Å². The molecule has 0 amide bonds. The number of benzene rings is 1. The van der Waals surface area contributed by atoms with Gasteiger partial charge in [0.1, 0.15) is 23.7 Å². The molecular formula is C17H23ClN4O. The molecule has 0 saturated heterocycles. The first-order chi connectivity index (χ1) is 11.2. The van der Waals surface area contributed by atoms with Crippen molar-refractivity contribution < 1.29 is 4.74 Å². The lowest BCUT2D eigenvalue weighted by Crippen LogP contribution is -2.25. The predicted molar refractivity (Wildman–Crippen MR) is 96.1 cm³/mol. The van der Waals surface area contributed by atoms with Gasteiger partial charge in [-0.3, -0.25) is 0 Å². The Morgan fingerprint density at radius 3 is 2.52 bits per heavy atom. The van der Waals surface area contributed by atoms with Crippen LogP contribution < -0.4 is 15.0 Å². The molecule has 0 aliphatic carbocycles. The molecule has 1 N–H and O–H groups in total. The molecule has 0 aliphatic rings. The van der Waals surface area contributed by atoms with Crippen LogP contribution in [0.4, 0.5) is 17.3 Å². The second-order valence-electron chi connectivity index (χ2n) is 5.22. The molecule has 5 nitrogen and oxygen atoms in total. The molecule has 1 aromatic carbocycles. The number of aromatic nitrogens is 2. The molecule has 0 fully saturated rings. The van der Waals surface area contributed by atoms with Crippen molar-refractivity contribution in [3.05, 3.63) is 35.6 Å². The Morgan fingerprint density at radius 2 is 1.87 bits per heavy atom. The zero-order chi connectivity index (χ0) is 16.7. The third kappa shape index (κ3) is 4.73. The predicted octanol–water partition coefficient (Wildman–Crippen LogP) is 4.51. The lowest BCUT2D eigenvalue weighted by molar-refractivity contribution is 0.417. The van der Waals surface area contributed by atoms with Crippen LogP contribution in [0.2, 0.25) is 5.02 Å². The quantitative estimate of drug-likeness (QED) is 0.769. The minimum atomic E-state index is 0.640. The van der Waals surface area contributed by atoms with Crippen LogP contribution in [0.5, 0.6) is 5.75 Å². The number of ether oxygens (including phenoxy) is 1. The summed E-state index contributed by atoms with van der Waals surface area (Å²) in [6.07, 6.45) is 3.73. The highest BCUT2D eigenvalue weighted by Crippen LogP contribution is 2.30. The summed E-state index contributed by atoms with van der Waals surface area (Å²) in [5, 5.41) is 3.90. The second kappa shape index (κ2) is 8.58. The number of methoxy groups -OCH3 is 1. The Hall–Kier alpha value is -2.01. The first kappa shape index (κ1) is 17.3. The normalized spacial score (nSPS) is 10.4. The van der Waals surface area contributed by atoms with Gasteiger partial charge in [-0.1, -0.05) is 25.4 Å². The molecule has 6 heteroatoms. The molecule has 1 aromatic heterocycles. The van der Waals surface area contributed by atoms with Crippen molar-refractivity contribution in [3.63, 3.8) is 0 Å². The molecule has 124 valence electrons. The van der Waals surface area contributed by atoms with Gasteiger partial charge in [0.2, 0.25) is 0 Å². The van der Waals surface area contributed by atoms with Crippen molar-refractivity contribution in [3.8, 4) is 5.75 Å². The van der Waals surface area contributed by atoms with Crippen molar-refractivity contribution in [1.82, 2.24) is 9.97 Å². The summed E-state index contributed by atoms with van der Waals surface area (Å²) in [6.45, 7) is 6.29.